The molecule has 1 aromatic heterocycles. The first-order valence-electron chi connectivity index (χ1n) is 5.37. The molecular weight excluding hydrogens is 327 g/mol. The lowest BCUT2D eigenvalue weighted by Crippen LogP contribution is -2.04. The Morgan fingerprint density at radius 2 is 1.94 bits per heavy atom. The van der Waals surface area contributed by atoms with Crippen molar-refractivity contribution in [1.82, 2.24) is 4.98 Å². The van der Waals surface area contributed by atoms with Crippen LogP contribution in [0.25, 0.3) is 0 Å². The van der Waals surface area contributed by atoms with Crippen molar-refractivity contribution in [2.45, 2.75) is 6.42 Å². The maximum Gasteiger partial charge on any atom is 0.222 e. The fraction of sp³-hybridized carbons (Fsp3) is 0.154. The lowest BCUT2D eigenvalue weighted by Gasteiger charge is -2.08. The van der Waals surface area contributed by atoms with Crippen LogP contribution in [-0.4, -0.2) is 11.5 Å². The van der Waals surface area contributed by atoms with Crippen molar-refractivity contribution in [1.29, 1.82) is 0 Å². The van der Waals surface area contributed by atoms with Gasteiger partial charge in [-0.3, -0.25) is 0 Å². The van der Waals surface area contributed by atoms with Gasteiger partial charge in [0.1, 0.15) is 5.75 Å². The zero-order chi connectivity index (χ0) is 12.1. The van der Waals surface area contributed by atoms with Gasteiger partial charge in [-0.15, -0.1) is 0 Å². The van der Waals surface area contributed by atoms with Crippen molar-refractivity contribution in [3.63, 3.8) is 0 Å². The van der Waals surface area contributed by atoms with Crippen molar-refractivity contribution in [2.75, 3.05) is 6.54 Å². The van der Waals surface area contributed by atoms with E-state index in [2.05, 4.69) is 27.6 Å². The van der Waals surface area contributed by atoms with Gasteiger partial charge in [0.2, 0.25) is 5.88 Å². The molecule has 0 spiro atoms. The number of rotatable bonds is 4. The monoisotopic (exact) mass is 340 g/mol. The van der Waals surface area contributed by atoms with E-state index in [-0.39, 0.29) is 0 Å². The van der Waals surface area contributed by atoms with Crippen molar-refractivity contribution in [2.24, 2.45) is 5.73 Å². The summed E-state index contributed by atoms with van der Waals surface area (Å²) in [5, 5.41) is 0. The predicted octanol–water partition coefficient (Wildman–Crippen LogP) is 2.98. The summed E-state index contributed by atoms with van der Waals surface area (Å²) in [4.78, 5) is 4.24. The van der Waals surface area contributed by atoms with Crippen molar-refractivity contribution < 1.29 is 4.74 Å². The maximum absolute atomic E-state index is 5.75. The van der Waals surface area contributed by atoms with Crippen LogP contribution in [0.15, 0.2) is 42.6 Å². The second kappa shape index (κ2) is 5.97. The fourth-order valence-corrected chi connectivity index (χ4v) is 1.84. The predicted molar refractivity (Wildman–Crippen MR) is 76.2 cm³/mol. The first-order valence-corrected chi connectivity index (χ1v) is 6.45. The molecule has 0 atom stereocenters. The number of nitrogens with two attached hydrogens (primary N) is 1. The van der Waals surface area contributed by atoms with Crippen LogP contribution in [0.5, 0.6) is 11.6 Å². The fourth-order valence-electron chi connectivity index (χ4n) is 1.48. The van der Waals surface area contributed by atoms with Crippen LogP contribution in [0, 0.1) is 3.57 Å². The largest absolute Gasteiger partial charge is 0.439 e. The van der Waals surface area contributed by atoms with Crippen LogP contribution in [0.2, 0.25) is 0 Å². The maximum atomic E-state index is 5.75. The van der Waals surface area contributed by atoms with E-state index in [9.17, 15) is 0 Å². The molecule has 0 unspecified atom stereocenters. The summed E-state index contributed by atoms with van der Waals surface area (Å²) in [5.41, 5.74) is 6.59. The molecule has 2 N–H and O–H groups in total. The molecule has 2 aromatic rings. The van der Waals surface area contributed by atoms with E-state index < -0.39 is 0 Å². The SMILES string of the molecule is NCCc1cccnc1Oc1ccc(I)cc1. The summed E-state index contributed by atoms with van der Waals surface area (Å²) >= 11 is 2.26. The van der Waals surface area contributed by atoms with Gasteiger partial charge < -0.3 is 10.5 Å². The van der Waals surface area contributed by atoms with E-state index in [4.69, 9.17) is 10.5 Å². The molecule has 0 aliphatic carbocycles. The van der Waals surface area contributed by atoms with Crippen LogP contribution in [0.3, 0.4) is 0 Å². The molecule has 0 radical (unpaired) electrons. The molecule has 17 heavy (non-hydrogen) atoms. The number of hydrogen-bond donors (Lipinski definition) is 1. The van der Waals surface area contributed by atoms with Crippen LogP contribution < -0.4 is 10.5 Å². The number of benzene rings is 1. The normalized spacial score (nSPS) is 10.2. The van der Waals surface area contributed by atoms with Gasteiger partial charge in [0.15, 0.2) is 0 Å². The highest BCUT2D eigenvalue weighted by molar-refractivity contribution is 14.1. The minimum atomic E-state index is 0.592. The van der Waals surface area contributed by atoms with E-state index in [1.807, 2.05) is 36.4 Å². The molecule has 88 valence electrons. The summed E-state index contributed by atoms with van der Waals surface area (Å²) in [5.74, 6) is 1.43. The molecular formula is C13H13IN2O. The average Bonchev–Trinajstić information content (AvgIpc) is 2.35. The molecule has 0 bridgehead atoms. The molecule has 0 fully saturated rings. The molecule has 3 nitrogen and oxygen atoms in total. The minimum Gasteiger partial charge on any atom is -0.439 e. The van der Waals surface area contributed by atoms with Crippen LogP contribution in [0.4, 0.5) is 0 Å². The topological polar surface area (TPSA) is 48.1 Å². The van der Waals surface area contributed by atoms with Gasteiger partial charge in [0, 0.05) is 15.3 Å². The lowest BCUT2D eigenvalue weighted by atomic mass is 10.2. The molecule has 2 rings (SSSR count). The minimum absolute atomic E-state index is 0.592. The molecule has 0 amide bonds. The standard InChI is InChI=1S/C13H13IN2O/c14-11-3-5-12(6-4-11)17-13-10(7-8-15)2-1-9-16-13/h1-6,9H,7-8,15H2. The summed E-state index contributed by atoms with van der Waals surface area (Å²) in [6.07, 6.45) is 2.50. The third-order valence-corrected chi connectivity index (χ3v) is 3.01. The summed E-state index contributed by atoms with van der Waals surface area (Å²) < 4.78 is 6.93. The molecule has 0 saturated heterocycles. The number of ether oxygens (including phenoxy) is 1. The molecule has 0 aliphatic rings. The smallest absolute Gasteiger partial charge is 0.222 e. The first kappa shape index (κ1) is 12.3. The second-order valence-electron chi connectivity index (χ2n) is 3.56. The highest BCUT2D eigenvalue weighted by Gasteiger charge is 2.04. The Bertz CT molecular complexity index is 485. The Morgan fingerprint density at radius 1 is 1.18 bits per heavy atom. The van der Waals surface area contributed by atoms with E-state index >= 15 is 0 Å². The zero-order valence-corrected chi connectivity index (χ0v) is 11.4. The lowest BCUT2D eigenvalue weighted by molar-refractivity contribution is 0.456. The van der Waals surface area contributed by atoms with Gasteiger partial charge in [-0.1, -0.05) is 6.07 Å². The Kier molecular flexibility index (Phi) is 4.33. The van der Waals surface area contributed by atoms with Crippen LogP contribution in [0.1, 0.15) is 5.56 Å². The Hall–Kier alpha value is -1.14. The molecule has 0 aliphatic heterocycles. The van der Waals surface area contributed by atoms with E-state index in [0.717, 1.165) is 17.7 Å². The number of pyridine rings is 1. The van der Waals surface area contributed by atoms with Gasteiger partial charge in [0.25, 0.3) is 0 Å². The number of nitrogens with zero attached hydrogens (tertiary/aromatic N) is 1. The van der Waals surface area contributed by atoms with E-state index in [0.29, 0.717) is 12.4 Å². The third-order valence-electron chi connectivity index (χ3n) is 2.29. The molecule has 0 saturated carbocycles. The van der Waals surface area contributed by atoms with E-state index in [1.54, 1.807) is 6.20 Å². The first-order chi connectivity index (χ1) is 8.29. The Balaban J connectivity index is 2.20. The van der Waals surface area contributed by atoms with Gasteiger partial charge in [0.05, 0.1) is 0 Å². The van der Waals surface area contributed by atoms with Crippen LogP contribution in [-0.2, 0) is 6.42 Å². The number of aromatic nitrogens is 1. The van der Waals surface area contributed by atoms with Gasteiger partial charge in [-0.2, -0.15) is 0 Å². The number of hydrogen-bond acceptors (Lipinski definition) is 3. The average molecular weight is 340 g/mol. The zero-order valence-electron chi connectivity index (χ0n) is 9.27. The van der Waals surface area contributed by atoms with E-state index in [1.165, 1.54) is 3.57 Å². The van der Waals surface area contributed by atoms with Crippen molar-refractivity contribution in [3.05, 3.63) is 51.7 Å². The third kappa shape index (κ3) is 3.41. The van der Waals surface area contributed by atoms with Gasteiger partial charge in [-0.25, -0.2) is 4.98 Å². The van der Waals surface area contributed by atoms with Crippen LogP contribution >= 0.6 is 22.6 Å². The summed E-state index contributed by atoms with van der Waals surface area (Å²) in [6, 6.07) is 11.8. The Morgan fingerprint density at radius 3 is 2.65 bits per heavy atom. The van der Waals surface area contributed by atoms with Gasteiger partial charge in [-0.05, 0) is 65.9 Å². The quantitative estimate of drug-likeness (QED) is 0.871. The molecule has 1 aromatic carbocycles. The number of halogens is 1. The van der Waals surface area contributed by atoms with Crippen molar-refractivity contribution in [3.8, 4) is 11.6 Å². The Labute approximate surface area is 114 Å². The second-order valence-corrected chi connectivity index (χ2v) is 4.81. The van der Waals surface area contributed by atoms with Crippen molar-refractivity contribution >= 4 is 22.6 Å². The highest BCUT2D eigenvalue weighted by atomic mass is 127. The highest BCUT2D eigenvalue weighted by Crippen LogP contribution is 2.23. The molecule has 4 heteroatoms. The summed E-state index contributed by atoms with van der Waals surface area (Å²) in [6.45, 7) is 0.592. The molecule has 1 heterocycles. The summed E-state index contributed by atoms with van der Waals surface area (Å²) in [7, 11) is 0. The van der Waals surface area contributed by atoms with Gasteiger partial charge >= 0.3 is 0 Å².